The summed E-state index contributed by atoms with van der Waals surface area (Å²) in [7, 11) is 0. The van der Waals surface area contributed by atoms with Crippen LogP contribution in [0.4, 0.5) is 0 Å². The van der Waals surface area contributed by atoms with E-state index in [1.165, 1.54) is 12.8 Å². The van der Waals surface area contributed by atoms with Crippen LogP contribution in [0.15, 0.2) is 0 Å². The standard InChI is InChI=1S/C14H26N2O3/c1-10(2)15-14(18)9-16-11-3-4-12(16)8-13(7-11)19-6-5-17/h10-13,17H,3-9H2,1-2H3,(H,15,18). The molecular formula is C14H26N2O3. The number of carbonyl (C=O) groups excluding carboxylic acids is 1. The molecule has 2 bridgehead atoms. The van der Waals surface area contributed by atoms with Gasteiger partial charge in [-0.15, -0.1) is 0 Å². The first kappa shape index (κ1) is 14.8. The van der Waals surface area contributed by atoms with E-state index in [0.717, 1.165) is 12.8 Å². The Morgan fingerprint density at radius 1 is 1.37 bits per heavy atom. The second kappa shape index (κ2) is 6.68. The molecule has 2 fully saturated rings. The molecule has 0 aliphatic carbocycles. The van der Waals surface area contributed by atoms with Crippen molar-refractivity contribution in [3.05, 3.63) is 0 Å². The largest absolute Gasteiger partial charge is 0.394 e. The van der Waals surface area contributed by atoms with Gasteiger partial charge in [-0.05, 0) is 39.5 Å². The van der Waals surface area contributed by atoms with Crippen LogP contribution in [0.5, 0.6) is 0 Å². The van der Waals surface area contributed by atoms with Crippen LogP contribution in [-0.2, 0) is 9.53 Å². The Labute approximate surface area is 115 Å². The van der Waals surface area contributed by atoms with Gasteiger partial charge in [-0.25, -0.2) is 0 Å². The first-order chi connectivity index (χ1) is 9.10. The second-order valence-corrected chi connectivity index (χ2v) is 5.97. The third kappa shape index (κ3) is 3.91. The van der Waals surface area contributed by atoms with Gasteiger partial charge in [-0.3, -0.25) is 9.69 Å². The molecule has 0 aromatic heterocycles. The molecule has 0 aromatic carbocycles. The molecular weight excluding hydrogens is 244 g/mol. The molecule has 2 atom stereocenters. The highest BCUT2D eigenvalue weighted by atomic mass is 16.5. The Morgan fingerprint density at radius 3 is 2.53 bits per heavy atom. The zero-order chi connectivity index (χ0) is 13.8. The van der Waals surface area contributed by atoms with Gasteiger partial charge in [0, 0.05) is 18.1 Å². The van der Waals surface area contributed by atoms with Crippen molar-refractivity contribution < 1.29 is 14.6 Å². The highest BCUT2D eigenvalue weighted by Crippen LogP contribution is 2.36. The summed E-state index contributed by atoms with van der Waals surface area (Å²) in [5.74, 6) is 0.127. The fraction of sp³-hybridized carbons (Fsp3) is 0.929. The van der Waals surface area contributed by atoms with Crippen molar-refractivity contribution >= 4 is 5.91 Å². The Kier molecular flexibility index (Phi) is 5.19. The number of ether oxygens (including phenoxy) is 1. The molecule has 2 aliphatic heterocycles. The van der Waals surface area contributed by atoms with E-state index in [9.17, 15) is 4.79 Å². The molecule has 0 spiro atoms. The zero-order valence-electron chi connectivity index (χ0n) is 12.0. The molecule has 0 radical (unpaired) electrons. The summed E-state index contributed by atoms with van der Waals surface area (Å²) < 4.78 is 5.65. The van der Waals surface area contributed by atoms with Crippen molar-refractivity contribution in [2.24, 2.45) is 0 Å². The Hall–Kier alpha value is -0.650. The first-order valence-electron chi connectivity index (χ1n) is 7.37. The maximum Gasteiger partial charge on any atom is 0.234 e. The van der Waals surface area contributed by atoms with Gasteiger partial charge in [0.15, 0.2) is 0 Å². The summed E-state index contributed by atoms with van der Waals surface area (Å²) in [4.78, 5) is 14.2. The zero-order valence-corrected chi connectivity index (χ0v) is 12.0. The van der Waals surface area contributed by atoms with E-state index >= 15 is 0 Å². The molecule has 2 unspecified atom stereocenters. The van der Waals surface area contributed by atoms with Gasteiger partial charge < -0.3 is 15.2 Å². The third-order valence-electron chi connectivity index (χ3n) is 4.06. The number of hydrogen-bond acceptors (Lipinski definition) is 4. The number of rotatable bonds is 6. The highest BCUT2D eigenvalue weighted by Gasteiger charge is 2.41. The van der Waals surface area contributed by atoms with Crippen molar-refractivity contribution in [1.29, 1.82) is 0 Å². The van der Waals surface area contributed by atoms with Crippen LogP contribution in [0, 0.1) is 0 Å². The smallest absolute Gasteiger partial charge is 0.234 e. The average Bonchev–Trinajstić information content (AvgIpc) is 2.59. The second-order valence-electron chi connectivity index (χ2n) is 5.97. The number of nitrogens with one attached hydrogen (secondary N) is 1. The van der Waals surface area contributed by atoms with Gasteiger partial charge in [-0.1, -0.05) is 0 Å². The lowest BCUT2D eigenvalue weighted by molar-refractivity contribution is -0.125. The minimum absolute atomic E-state index is 0.0896. The molecule has 2 aliphatic rings. The van der Waals surface area contributed by atoms with Gasteiger partial charge in [0.25, 0.3) is 0 Å². The van der Waals surface area contributed by atoms with E-state index in [1.807, 2.05) is 13.8 Å². The summed E-state index contributed by atoms with van der Waals surface area (Å²) >= 11 is 0. The lowest BCUT2D eigenvalue weighted by atomic mass is 9.99. The molecule has 2 rings (SSSR count). The van der Waals surface area contributed by atoms with Crippen molar-refractivity contribution in [3.63, 3.8) is 0 Å². The van der Waals surface area contributed by atoms with Crippen LogP contribution in [0.1, 0.15) is 39.5 Å². The molecule has 5 heteroatoms. The van der Waals surface area contributed by atoms with Crippen molar-refractivity contribution in [2.45, 2.75) is 63.8 Å². The Balaban J connectivity index is 1.83. The lowest BCUT2D eigenvalue weighted by Crippen LogP contribution is -2.50. The van der Waals surface area contributed by atoms with Crippen LogP contribution >= 0.6 is 0 Å². The van der Waals surface area contributed by atoms with Crippen molar-refractivity contribution in [2.75, 3.05) is 19.8 Å². The monoisotopic (exact) mass is 270 g/mol. The van der Waals surface area contributed by atoms with Gasteiger partial charge >= 0.3 is 0 Å². The van der Waals surface area contributed by atoms with Crippen LogP contribution in [-0.4, -0.2) is 59.9 Å². The summed E-state index contributed by atoms with van der Waals surface area (Å²) in [5, 5.41) is 11.8. The summed E-state index contributed by atoms with van der Waals surface area (Å²) in [6.07, 6.45) is 4.57. The summed E-state index contributed by atoms with van der Waals surface area (Å²) in [5.41, 5.74) is 0. The van der Waals surface area contributed by atoms with Gasteiger partial charge in [0.05, 0.1) is 25.9 Å². The summed E-state index contributed by atoms with van der Waals surface area (Å²) in [6.45, 7) is 5.01. The minimum Gasteiger partial charge on any atom is -0.394 e. The topological polar surface area (TPSA) is 61.8 Å². The first-order valence-corrected chi connectivity index (χ1v) is 7.37. The molecule has 0 aromatic rings. The number of amides is 1. The van der Waals surface area contributed by atoms with E-state index < -0.39 is 0 Å². The minimum atomic E-state index is 0.0896. The number of carbonyl (C=O) groups is 1. The number of piperidine rings is 1. The van der Waals surface area contributed by atoms with Crippen LogP contribution in [0.2, 0.25) is 0 Å². The number of fused-ring (bicyclic) bond motifs is 2. The Bertz CT molecular complexity index is 295. The maximum absolute atomic E-state index is 11.9. The van der Waals surface area contributed by atoms with Crippen LogP contribution < -0.4 is 5.32 Å². The quantitative estimate of drug-likeness (QED) is 0.738. The van der Waals surface area contributed by atoms with Crippen molar-refractivity contribution in [1.82, 2.24) is 10.2 Å². The number of aliphatic hydroxyl groups excluding tert-OH is 1. The third-order valence-corrected chi connectivity index (χ3v) is 4.06. The molecule has 110 valence electrons. The van der Waals surface area contributed by atoms with Gasteiger partial charge in [-0.2, -0.15) is 0 Å². The highest BCUT2D eigenvalue weighted by molar-refractivity contribution is 5.78. The fourth-order valence-corrected chi connectivity index (χ4v) is 3.37. The SMILES string of the molecule is CC(C)NC(=O)CN1C2CCC1CC(OCCO)C2. The molecule has 19 heavy (non-hydrogen) atoms. The van der Waals surface area contributed by atoms with E-state index in [1.54, 1.807) is 0 Å². The maximum atomic E-state index is 11.9. The Morgan fingerprint density at radius 2 is 2.00 bits per heavy atom. The molecule has 5 nitrogen and oxygen atoms in total. The average molecular weight is 270 g/mol. The molecule has 0 saturated carbocycles. The van der Waals surface area contributed by atoms with Gasteiger partial charge in [0.2, 0.25) is 5.91 Å². The lowest BCUT2D eigenvalue weighted by Gasteiger charge is -2.38. The predicted octanol–water partition coefficient (Wildman–Crippen LogP) is 0.515. The van der Waals surface area contributed by atoms with E-state index in [-0.39, 0.29) is 24.7 Å². The predicted molar refractivity (Wildman–Crippen MR) is 72.9 cm³/mol. The number of aliphatic hydroxyl groups is 1. The number of hydrogen-bond donors (Lipinski definition) is 2. The molecule has 2 N–H and O–H groups in total. The molecule has 1 amide bonds. The fourth-order valence-electron chi connectivity index (χ4n) is 3.37. The number of nitrogens with zero attached hydrogens (tertiary/aromatic N) is 1. The van der Waals surface area contributed by atoms with Crippen molar-refractivity contribution in [3.8, 4) is 0 Å². The molecule has 2 saturated heterocycles. The van der Waals surface area contributed by atoms with E-state index in [4.69, 9.17) is 9.84 Å². The van der Waals surface area contributed by atoms with Crippen LogP contribution in [0.3, 0.4) is 0 Å². The van der Waals surface area contributed by atoms with Crippen LogP contribution in [0.25, 0.3) is 0 Å². The van der Waals surface area contributed by atoms with Gasteiger partial charge in [0.1, 0.15) is 0 Å². The van der Waals surface area contributed by atoms with E-state index in [2.05, 4.69) is 10.2 Å². The normalized spacial score (nSPS) is 30.8. The summed E-state index contributed by atoms with van der Waals surface area (Å²) in [6, 6.07) is 1.15. The molecule has 2 heterocycles. The van der Waals surface area contributed by atoms with E-state index in [0.29, 0.717) is 25.2 Å².